The number of pyridine rings is 1. The summed E-state index contributed by atoms with van der Waals surface area (Å²) in [6.45, 7) is 2.86. The molecule has 0 amide bonds. The van der Waals surface area contributed by atoms with Crippen molar-refractivity contribution in [2.45, 2.75) is 0 Å². The summed E-state index contributed by atoms with van der Waals surface area (Å²) in [6.07, 6.45) is 0. The van der Waals surface area contributed by atoms with Gasteiger partial charge in [0, 0.05) is 29.6 Å². The van der Waals surface area contributed by atoms with Crippen molar-refractivity contribution in [1.82, 2.24) is 19.5 Å². The monoisotopic (exact) mass is 408 g/mol. The van der Waals surface area contributed by atoms with Crippen LogP contribution in [0.15, 0.2) is 54.6 Å². The van der Waals surface area contributed by atoms with E-state index in [1.165, 1.54) is 0 Å². The molecule has 0 N–H and O–H groups in total. The lowest BCUT2D eigenvalue weighted by Gasteiger charge is -2.30. The second-order valence-corrected chi connectivity index (χ2v) is 7.42. The van der Waals surface area contributed by atoms with E-state index in [9.17, 15) is 0 Å². The highest BCUT2D eigenvalue weighted by Gasteiger charge is 2.24. The lowest BCUT2D eigenvalue weighted by atomic mass is 10.1. The van der Waals surface area contributed by atoms with Crippen molar-refractivity contribution in [3.05, 3.63) is 65.2 Å². The third-order valence-electron chi connectivity index (χ3n) is 5.04. The van der Waals surface area contributed by atoms with Crippen molar-refractivity contribution < 1.29 is 4.74 Å². The Hall–Kier alpha value is -2.54. The van der Waals surface area contributed by atoms with Crippen LogP contribution in [0.2, 0.25) is 5.02 Å². The van der Waals surface area contributed by atoms with Gasteiger partial charge in [-0.15, -0.1) is 10.2 Å². The van der Waals surface area contributed by atoms with E-state index in [0.717, 1.165) is 45.9 Å². The number of rotatable bonds is 2. The molecule has 3 heterocycles. The molecular formula is C21H17ClN4OS. The van der Waals surface area contributed by atoms with Gasteiger partial charge in [0.1, 0.15) is 4.99 Å². The van der Waals surface area contributed by atoms with Gasteiger partial charge in [-0.1, -0.05) is 72.3 Å². The minimum atomic E-state index is 0.532. The third kappa shape index (κ3) is 2.76. The molecule has 2 aromatic carbocycles. The number of nitrogens with zero attached hydrogens (tertiary/aromatic N) is 4. The third-order valence-corrected chi connectivity index (χ3v) is 5.86. The quantitative estimate of drug-likeness (QED) is 0.465. The predicted molar refractivity (Wildman–Crippen MR) is 115 cm³/mol. The molecule has 1 saturated heterocycles. The molecule has 0 spiro atoms. The van der Waals surface area contributed by atoms with Crippen molar-refractivity contribution in [2.75, 3.05) is 26.3 Å². The van der Waals surface area contributed by atoms with Crippen LogP contribution in [-0.4, -0.2) is 50.8 Å². The summed E-state index contributed by atoms with van der Waals surface area (Å²) in [5.74, 6) is 0.762. The predicted octanol–water partition coefficient (Wildman–Crippen LogP) is 4.21. The van der Waals surface area contributed by atoms with Crippen molar-refractivity contribution in [3.8, 4) is 11.4 Å². The minimum absolute atomic E-state index is 0.532. The number of halogens is 1. The highest BCUT2D eigenvalue weighted by atomic mass is 35.5. The second kappa shape index (κ2) is 7.13. The van der Waals surface area contributed by atoms with E-state index in [4.69, 9.17) is 28.6 Å². The first-order valence-corrected chi connectivity index (χ1v) is 9.92. The van der Waals surface area contributed by atoms with E-state index >= 15 is 0 Å². The lowest BCUT2D eigenvalue weighted by Crippen LogP contribution is -2.40. The van der Waals surface area contributed by atoms with Crippen LogP contribution in [0, 0.1) is 0 Å². The van der Waals surface area contributed by atoms with E-state index in [2.05, 4.69) is 27.2 Å². The number of morpholine rings is 1. The van der Waals surface area contributed by atoms with Crippen molar-refractivity contribution in [1.29, 1.82) is 0 Å². The molecule has 140 valence electrons. The summed E-state index contributed by atoms with van der Waals surface area (Å²) in [5.41, 5.74) is 3.43. The van der Waals surface area contributed by atoms with Crippen LogP contribution in [0.25, 0.3) is 27.9 Å². The molecule has 28 heavy (non-hydrogen) atoms. The van der Waals surface area contributed by atoms with E-state index in [1.807, 2.05) is 46.9 Å². The number of aromatic nitrogens is 3. The van der Waals surface area contributed by atoms with Gasteiger partial charge in [0.2, 0.25) is 0 Å². The fraction of sp³-hybridized carbons (Fsp3) is 0.190. The Morgan fingerprint density at radius 1 is 0.964 bits per heavy atom. The number of para-hydroxylation sites is 1. The SMILES string of the molecule is S=C(c1c(Cl)c2nnc(-c3ccccc3)n2c2ccccc12)N1CCOCC1. The molecule has 1 fully saturated rings. The summed E-state index contributed by atoms with van der Waals surface area (Å²) in [6, 6.07) is 18.1. The molecule has 5 rings (SSSR count). The van der Waals surface area contributed by atoms with Gasteiger partial charge in [0.25, 0.3) is 0 Å². The van der Waals surface area contributed by atoms with Crippen LogP contribution in [0.5, 0.6) is 0 Å². The average Bonchev–Trinajstić information content (AvgIpc) is 3.21. The first-order chi connectivity index (χ1) is 13.8. The lowest BCUT2D eigenvalue weighted by molar-refractivity contribution is 0.0693. The van der Waals surface area contributed by atoms with Crippen LogP contribution in [-0.2, 0) is 4.74 Å². The standard InChI is InChI=1S/C21H17ClN4OS/c22-18-17(21(28)25-10-12-27-13-11-25)15-8-4-5-9-16(15)26-19(23-24-20(18)26)14-6-2-1-3-7-14/h1-9H,10-13H2. The van der Waals surface area contributed by atoms with Gasteiger partial charge in [0.05, 0.1) is 23.8 Å². The molecule has 0 aliphatic carbocycles. The zero-order valence-corrected chi connectivity index (χ0v) is 16.6. The Balaban J connectivity index is 1.79. The number of benzene rings is 2. The number of thiocarbonyl (C=S) groups is 1. The van der Waals surface area contributed by atoms with Gasteiger partial charge >= 0.3 is 0 Å². The Morgan fingerprint density at radius 2 is 1.68 bits per heavy atom. The van der Waals surface area contributed by atoms with E-state index in [1.54, 1.807) is 0 Å². The summed E-state index contributed by atoms with van der Waals surface area (Å²) in [5, 5.41) is 10.4. The normalized spacial score (nSPS) is 14.7. The van der Waals surface area contributed by atoms with Crippen LogP contribution in [0.4, 0.5) is 0 Å². The molecule has 7 heteroatoms. The number of fused-ring (bicyclic) bond motifs is 3. The van der Waals surface area contributed by atoms with Crippen LogP contribution >= 0.6 is 23.8 Å². The van der Waals surface area contributed by atoms with E-state index in [-0.39, 0.29) is 0 Å². The van der Waals surface area contributed by atoms with Crippen molar-refractivity contribution in [3.63, 3.8) is 0 Å². The fourth-order valence-electron chi connectivity index (χ4n) is 3.67. The van der Waals surface area contributed by atoms with E-state index < -0.39 is 0 Å². The number of hydrogen-bond acceptors (Lipinski definition) is 4. The summed E-state index contributed by atoms with van der Waals surface area (Å²) >= 11 is 12.7. The average molecular weight is 409 g/mol. The van der Waals surface area contributed by atoms with Crippen molar-refractivity contribution in [2.24, 2.45) is 0 Å². The van der Waals surface area contributed by atoms with Gasteiger partial charge in [-0.05, 0) is 6.07 Å². The van der Waals surface area contributed by atoms with Gasteiger partial charge in [0.15, 0.2) is 11.5 Å². The Bertz CT molecular complexity index is 1190. The molecule has 1 aliphatic heterocycles. The molecule has 0 unspecified atom stereocenters. The molecule has 2 aromatic heterocycles. The summed E-state index contributed by atoms with van der Waals surface area (Å²) in [7, 11) is 0. The Morgan fingerprint density at radius 3 is 2.46 bits per heavy atom. The zero-order valence-electron chi connectivity index (χ0n) is 15.0. The molecular weight excluding hydrogens is 392 g/mol. The number of hydrogen-bond donors (Lipinski definition) is 0. The fourth-order valence-corrected chi connectivity index (χ4v) is 4.44. The zero-order chi connectivity index (χ0) is 19.1. The van der Waals surface area contributed by atoms with Crippen LogP contribution < -0.4 is 0 Å². The number of ether oxygens (including phenoxy) is 1. The maximum atomic E-state index is 6.87. The van der Waals surface area contributed by atoms with E-state index in [0.29, 0.717) is 23.9 Å². The first kappa shape index (κ1) is 17.6. The first-order valence-electron chi connectivity index (χ1n) is 9.13. The smallest absolute Gasteiger partial charge is 0.181 e. The van der Waals surface area contributed by atoms with Gasteiger partial charge < -0.3 is 9.64 Å². The molecule has 1 aliphatic rings. The second-order valence-electron chi connectivity index (χ2n) is 6.66. The maximum Gasteiger partial charge on any atom is 0.181 e. The molecule has 0 bridgehead atoms. The molecule has 4 aromatic rings. The van der Waals surface area contributed by atoms with Gasteiger partial charge in [-0.2, -0.15) is 0 Å². The topological polar surface area (TPSA) is 42.7 Å². The minimum Gasteiger partial charge on any atom is -0.378 e. The Kier molecular flexibility index (Phi) is 4.47. The van der Waals surface area contributed by atoms with Crippen LogP contribution in [0.3, 0.4) is 0 Å². The largest absolute Gasteiger partial charge is 0.378 e. The molecule has 0 atom stereocenters. The maximum absolute atomic E-state index is 6.87. The highest BCUT2D eigenvalue weighted by molar-refractivity contribution is 7.80. The molecule has 0 radical (unpaired) electrons. The molecule has 0 saturated carbocycles. The van der Waals surface area contributed by atoms with Crippen molar-refractivity contribution >= 4 is 45.4 Å². The van der Waals surface area contributed by atoms with Gasteiger partial charge in [-0.25, -0.2) is 0 Å². The summed E-state index contributed by atoms with van der Waals surface area (Å²) < 4.78 is 7.48. The van der Waals surface area contributed by atoms with Gasteiger partial charge in [-0.3, -0.25) is 4.40 Å². The Labute approximate surface area is 172 Å². The molecule has 5 nitrogen and oxygen atoms in total. The summed E-state index contributed by atoms with van der Waals surface area (Å²) in [4.78, 5) is 2.88. The van der Waals surface area contributed by atoms with Crippen LogP contribution in [0.1, 0.15) is 5.56 Å². The highest BCUT2D eigenvalue weighted by Crippen LogP contribution is 2.34.